The van der Waals surface area contributed by atoms with Gasteiger partial charge >= 0.3 is 0 Å². The molecule has 6 heteroatoms. The van der Waals surface area contributed by atoms with Crippen molar-refractivity contribution in [3.63, 3.8) is 0 Å². The maximum absolute atomic E-state index is 13.5. The van der Waals surface area contributed by atoms with Crippen molar-refractivity contribution in [1.82, 2.24) is 10.2 Å². The Hall–Kier alpha value is -2.86. The molecule has 0 aliphatic heterocycles. The van der Waals surface area contributed by atoms with Gasteiger partial charge in [0.15, 0.2) is 6.61 Å². The third kappa shape index (κ3) is 6.43. The summed E-state index contributed by atoms with van der Waals surface area (Å²) in [4.78, 5) is 28.5. The second-order valence-electron chi connectivity index (χ2n) is 9.16. The smallest absolute Gasteiger partial charge is 0.261 e. The van der Waals surface area contributed by atoms with Crippen molar-refractivity contribution < 1.29 is 14.3 Å². The molecule has 0 radical (unpaired) electrons. The van der Waals surface area contributed by atoms with E-state index in [0.29, 0.717) is 18.7 Å². The minimum atomic E-state index is -0.548. The lowest BCUT2D eigenvalue weighted by atomic mass is 9.95. The average molecular weight is 537 g/mol. The molecule has 1 N–H and O–H groups in total. The molecule has 0 unspecified atom stereocenters. The van der Waals surface area contributed by atoms with Gasteiger partial charge in [-0.3, -0.25) is 9.59 Å². The fourth-order valence-corrected chi connectivity index (χ4v) is 5.40. The van der Waals surface area contributed by atoms with Crippen LogP contribution in [0.5, 0.6) is 5.75 Å². The Morgan fingerprint density at radius 1 is 1.00 bits per heavy atom. The fraction of sp³-hybridized carbons (Fsp3) is 0.379. The van der Waals surface area contributed by atoms with Gasteiger partial charge in [-0.05, 0) is 57.6 Å². The van der Waals surface area contributed by atoms with E-state index in [2.05, 4.69) is 21.2 Å². The van der Waals surface area contributed by atoms with Gasteiger partial charge < -0.3 is 15.0 Å². The molecule has 0 heterocycles. The zero-order chi connectivity index (χ0) is 24.6. The molecule has 1 aliphatic rings. The summed E-state index contributed by atoms with van der Waals surface area (Å²) in [7, 11) is 0. The second kappa shape index (κ2) is 12.2. The predicted molar refractivity (Wildman–Crippen MR) is 143 cm³/mol. The lowest BCUT2D eigenvalue weighted by molar-refractivity contribution is -0.143. The summed E-state index contributed by atoms with van der Waals surface area (Å²) >= 11 is 3.63. The fourth-order valence-electron chi connectivity index (χ4n) is 4.79. The minimum Gasteiger partial charge on any atom is -0.483 e. The first-order chi connectivity index (χ1) is 17.1. The Morgan fingerprint density at radius 3 is 2.46 bits per heavy atom. The molecule has 0 aromatic heterocycles. The zero-order valence-corrected chi connectivity index (χ0v) is 21.8. The summed E-state index contributed by atoms with van der Waals surface area (Å²) < 4.78 is 6.80. The van der Waals surface area contributed by atoms with Crippen LogP contribution in [0.1, 0.15) is 51.0 Å². The van der Waals surface area contributed by atoms with E-state index in [-0.39, 0.29) is 24.5 Å². The van der Waals surface area contributed by atoms with Crippen LogP contribution in [0.3, 0.4) is 0 Å². The Balaban J connectivity index is 1.51. The number of nitrogens with one attached hydrogen (secondary N) is 1. The van der Waals surface area contributed by atoms with Crippen molar-refractivity contribution in [3.05, 3.63) is 76.8 Å². The van der Waals surface area contributed by atoms with Gasteiger partial charge in [-0.25, -0.2) is 0 Å². The number of halogens is 1. The van der Waals surface area contributed by atoms with Gasteiger partial charge in [-0.1, -0.05) is 86.8 Å². The molecule has 35 heavy (non-hydrogen) atoms. The summed E-state index contributed by atoms with van der Waals surface area (Å²) in [5, 5.41) is 5.33. The average Bonchev–Trinajstić information content (AvgIpc) is 2.89. The van der Waals surface area contributed by atoms with Crippen molar-refractivity contribution in [2.24, 2.45) is 0 Å². The number of hydrogen-bond donors (Lipinski definition) is 1. The highest BCUT2D eigenvalue weighted by Gasteiger charge is 2.30. The molecule has 0 saturated heterocycles. The van der Waals surface area contributed by atoms with E-state index in [9.17, 15) is 9.59 Å². The first-order valence-corrected chi connectivity index (χ1v) is 13.3. The highest BCUT2D eigenvalue weighted by Crippen LogP contribution is 2.33. The third-order valence-electron chi connectivity index (χ3n) is 6.71. The van der Waals surface area contributed by atoms with Gasteiger partial charge in [0.25, 0.3) is 5.91 Å². The van der Waals surface area contributed by atoms with E-state index in [4.69, 9.17) is 4.74 Å². The molecule has 1 atom stereocenters. The summed E-state index contributed by atoms with van der Waals surface area (Å²) in [6.07, 6.45) is 6.06. The number of amides is 2. The van der Waals surface area contributed by atoms with Crippen LogP contribution in [-0.2, 0) is 16.1 Å². The van der Waals surface area contributed by atoms with Crippen molar-refractivity contribution in [3.8, 4) is 5.75 Å². The van der Waals surface area contributed by atoms with Crippen molar-refractivity contribution >= 4 is 38.5 Å². The van der Waals surface area contributed by atoms with Crippen molar-refractivity contribution in [2.45, 2.75) is 64.1 Å². The number of hydrogen-bond acceptors (Lipinski definition) is 3. The number of fused-ring (bicyclic) bond motifs is 1. The number of nitrogens with zero attached hydrogens (tertiary/aromatic N) is 1. The third-order valence-corrected chi connectivity index (χ3v) is 7.53. The normalized spacial score (nSPS) is 14.9. The summed E-state index contributed by atoms with van der Waals surface area (Å²) in [5.74, 6) is 0.325. The van der Waals surface area contributed by atoms with Gasteiger partial charge in [0, 0.05) is 12.6 Å². The van der Waals surface area contributed by atoms with E-state index in [1.54, 1.807) is 4.90 Å². The molecule has 0 spiro atoms. The lowest BCUT2D eigenvalue weighted by Crippen LogP contribution is -2.52. The molecule has 3 aromatic rings. The molecule has 2 amide bonds. The molecule has 4 rings (SSSR count). The van der Waals surface area contributed by atoms with Gasteiger partial charge in [0.1, 0.15) is 11.8 Å². The SMILES string of the molecule is CC[C@H](C(=O)NC1CCCCC1)N(Cc1ccccc1)C(=O)COc1ccc2ccccc2c1Br. The van der Waals surface area contributed by atoms with Gasteiger partial charge in [0.2, 0.25) is 5.91 Å². The number of benzene rings is 3. The van der Waals surface area contributed by atoms with Crippen LogP contribution in [0.25, 0.3) is 10.8 Å². The quantitative estimate of drug-likeness (QED) is 0.352. The van der Waals surface area contributed by atoms with Crippen LogP contribution in [0.15, 0.2) is 71.2 Å². The van der Waals surface area contributed by atoms with Crippen LogP contribution in [0.4, 0.5) is 0 Å². The van der Waals surface area contributed by atoms with Crippen LogP contribution < -0.4 is 10.1 Å². The van der Waals surface area contributed by atoms with Crippen molar-refractivity contribution in [2.75, 3.05) is 6.61 Å². The summed E-state index contributed by atoms with van der Waals surface area (Å²) in [6, 6.07) is 21.3. The molecule has 1 aliphatic carbocycles. The monoisotopic (exact) mass is 536 g/mol. The van der Waals surface area contributed by atoms with Gasteiger partial charge in [-0.2, -0.15) is 0 Å². The first-order valence-electron chi connectivity index (χ1n) is 12.5. The molecular weight excluding hydrogens is 504 g/mol. The number of ether oxygens (including phenoxy) is 1. The largest absolute Gasteiger partial charge is 0.483 e. The topological polar surface area (TPSA) is 58.6 Å². The molecule has 184 valence electrons. The number of rotatable bonds is 9. The molecule has 0 bridgehead atoms. The maximum atomic E-state index is 13.5. The molecule has 1 saturated carbocycles. The molecule has 3 aromatic carbocycles. The van der Waals surface area contributed by atoms with Crippen LogP contribution in [0, 0.1) is 0 Å². The summed E-state index contributed by atoms with van der Waals surface area (Å²) in [6.45, 7) is 2.17. The van der Waals surface area contributed by atoms with Gasteiger partial charge in [-0.15, -0.1) is 0 Å². The first kappa shape index (κ1) is 25.2. The Morgan fingerprint density at radius 2 is 1.71 bits per heavy atom. The van der Waals surface area contributed by atoms with E-state index < -0.39 is 6.04 Å². The van der Waals surface area contributed by atoms with E-state index in [1.807, 2.05) is 73.7 Å². The van der Waals surface area contributed by atoms with E-state index in [0.717, 1.165) is 46.5 Å². The Kier molecular flexibility index (Phi) is 8.80. The number of carbonyl (C=O) groups is 2. The molecule has 5 nitrogen and oxygen atoms in total. The number of carbonyl (C=O) groups excluding carboxylic acids is 2. The zero-order valence-electron chi connectivity index (χ0n) is 20.2. The standard InChI is InChI=1S/C29H33BrN2O3/c1-2-25(29(34)31-23-14-7-4-8-15-23)32(19-21-11-5-3-6-12-21)27(33)20-35-26-18-17-22-13-9-10-16-24(22)28(26)30/h3,5-6,9-13,16-18,23,25H,2,4,7-8,14-15,19-20H2,1H3,(H,31,34)/t25-/m1/s1. The van der Waals surface area contributed by atoms with Crippen LogP contribution in [-0.4, -0.2) is 35.4 Å². The lowest BCUT2D eigenvalue weighted by Gasteiger charge is -2.32. The second-order valence-corrected chi connectivity index (χ2v) is 9.96. The maximum Gasteiger partial charge on any atom is 0.261 e. The highest BCUT2D eigenvalue weighted by molar-refractivity contribution is 9.10. The van der Waals surface area contributed by atoms with E-state index >= 15 is 0 Å². The minimum absolute atomic E-state index is 0.0735. The van der Waals surface area contributed by atoms with Crippen LogP contribution >= 0.6 is 15.9 Å². The predicted octanol–water partition coefficient (Wildman–Crippen LogP) is 6.24. The Labute approximate surface area is 216 Å². The van der Waals surface area contributed by atoms with Crippen LogP contribution in [0.2, 0.25) is 0 Å². The van der Waals surface area contributed by atoms with Crippen molar-refractivity contribution in [1.29, 1.82) is 0 Å². The van der Waals surface area contributed by atoms with Gasteiger partial charge in [0.05, 0.1) is 4.47 Å². The highest BCUT2D eigenvalue weighted by atomic mass is 79.9. The molecule has 1 fully saturated rings. The Bertz CT molecular complexity index is 1150. The molecular formula is C29H33BrN2O3. The summed E-state index contributed by atoms with van der Waals surface area (Å²) in [5.41, 5.74) is 0.983. The van der Waals surface area contributed by atoms with E-state index in [1.165, 1.54) is 6.42 Å².